The number of hydrogen-bond acceptors (Lipinski definition) is 5. The monoisotopic (exact) mass is 413 g/mol. The molecule has 0 saturated heterocycles. The van der Waals surface area contributed by atoms with Crippen molar-refractivity contribution in [3.05, 3.63) is 0 Å². The van der Waals surface area contributed by atoms with Crippen LogP contribution in [0.4, 0.5) is 0 Å². The fraction of sp³-hybridized carbons (Fsp3) is 0.913. The Balaban J connectivity index is 4.15. The number of esters is 1. The van der Waals surface area contributed by atoms with Crippen LogP contribution in [0.15, 0.2) is 0 Å². The zero-order valence-electron chi connectivity index (χ0n) is 19.5. The normalized spacial score (nSPS) is 13.4. The number of primary amides is 1. The molecule has 2 atom stereocenters. The van der Waals surface area contributed by atoms with E-state index < -0.39 is 11.9 Å². The number of hydrogen-bond donors (Lipinski definition) is 2. The van der Waals surface area contributed by atoms with Crippen LogP contribution in [0.2, 0.25) is 0 Å². The van der Waals surface area contributed by atoms with E-state index >= 15 is 0 Å². The van der Waals surface area contributed by atoms with Crippen LogP contribution in [0.1, 0.15) is 105 Å². The molecule has 1 amide bonds. The van der Waals surface area contributed by atoms with Crippen LogP contribution in [-0.4, -0.2) is 48.7 Å². The molecular weight excluding hydrogens is 366 g/mol. The van der Waals surface area contributed by atoms with Gasteiger partial charge >= 0.3 is 5.97 Å². The molecule has 2 unspecified atom stereocenters. The van der Waals surface area contributed by atoms with Crippen molar-refractivity contribution in [3.8, 4) is 0 Å². The summed E-state index contributed by atoms with van der Waals surface area (Å²) in [5.74, 6) is -0.868. The quantitative estimate of drug-likeness (QED) is 0.176. The van der Waals surface area contributed by atoms with E-state index in [-0.39, 0.29) is 18.6 Å². The topological polar surface area (TPSA) is 84.7 Å². The van der Waals surface area contributed by atoms with E-state index in [1.807, 2.05) is 20.8 Å². The molecule has 0 spiro atoms. The lowest BCUT2D eigenvalue weighted by Crippen LogP contribution is -2.46. The fourth-order valence-electron chi connectivity index (χ4n) is 3.59. The van der Waals surface area contributed by atoms with E-state index in [4.69, 9.17) is 10.5 Å². The largest absolute Gasteiger partial charge is 0.445 e. The van der Waals surface area contributed by atoms with Crippen LogP contribution >= 0.6 is 0 Å². The van der Waals surface area contributed by atoms with E-state index in [0.717, 1.165) is 32.4 Å². The molecule has 6 nitrogen and oxygen atoms in total. The van der Waals surface area contributed by atoms with E-state index in [0.29, 0.717) is 6.54 Å². The Morgan fingerprint density at radius 1 is 0.862 bits per heavy atom. The molecule has 0 aromatic carbocycles. The summed E-state index contributed by atoms with van der Waals surface area (Å²) in [6.45, 7) is 10.7. The van der Waals surface area contributed by atoms with Crippen LogP contribution in [-0.2, 0) is 14.3 Å². The van der Waals surface area contributed by atoms with Crippen LogP contribution in [0.3, 0.4) is 0 Å². The molecule has 0 radical (unpaired) electrons. The maximum Gasteiger partial charge on any atom is 0.325 e. The van der Waals surface area contributed by atoms with Gasteiger partial charge in [-0.1, -0.05) is 85.5 Å². The van der Waals surface area contributed by atoms with Crippen molar-refractivity contribution in [2.75, 3.05) is 19.6 Å². The summed E-state index contributed by atoms with van der Waals surface area (Å²) in [7, 11) is 0. The molecule has 0 aliphatic rings. The van der Waals surface area contributed by atoms with Crippen molar-refractivity contribution < 1.29 is 14.3 Å². The van der Waals surface area contributed by atoms with Gasteiger partial charge in [0.1, 0.15) is 6.04 Å². The Morgan fingerprint density at radius 3 is 1.83 bits per heavy atom. The third-order valence-electron chi connectivity index (χ3n) is 5.43. The number of rotatable bonds is 20. The number of unbranched alkanes of at least 4 members (excludes halogenated alkanes) is 9. The minimum atomic E-state index is -0.657. The summed E-state index contributed by atoms with van der Waals surface area (Å²) in [6, 6.07) is -0.657. The summed E-state index contributed by atoms with van der Waals surface area (Å²) < 4.78 is 5.67. The van der Waals surface area contributed by atoms with Gasteiger partial charge in [0.15, 0.2) is 6.23 Å². The van der Waals surface area contributed by atoms with Crippen molar-refractivity contribution in [1.82, 2.24) is 10.2 Å². The lowest BCUT2D eigenvalue weighted by molar-refractivity contribution is -0.162. The van der Waals surface area contributed by atoms with Gasteiger partial charge in [-0.05, 0) is 32.5 Å². The predicted octanol–water partition coefficient (Wildman–Crippen LogP) is 4.36. The molecular formula is C23H47N3O3. The van der Waals surface area contributed by atoms with Gasteiger partial charge in [0.25, 0.3) is 0 Å². The van der Waals surface area contributed by atoms with Crippen molar-refractivity contribution in [2.24, 2.45) is 5.73 Å². The molecule has 0 aromatic heterocycles. The van der Waals surface area contributed by atoms with Crippen molar-refractivity contribution in [1.29, 1.82) is 0 Å². The number of ether oxygens (including phenoxy) is 1. The second-order valence-corrected chi connectivity index (χ2v) is 7.88. The SMILES string of the molecule is CCCCCCCCCCCCNC(CC(N)=O)C(=O)OC(CC)N(CC)CC. The summed E-state index contributed by atoms with van der Waals surface area (Å²) >= 11 is 0. The van der Waals surface area contributed by atoms with Gasteiger partial charge in [0, 0.05) is 0 Å². The molecule has 172 valence electrons. The summed E-state index contributed by atoms with van der Waals surface area (Å²) in [5, 5.41) is 3.19. The second kappa shape index (κ2) is 18.9. The average Bonchev–Trinajstić information content (AvgIpc) is 2.70. The average molecular weight is 414 g/mol. The molecule has 0 rings (SSSR count). The number of carbonyl (C=O) groups is 2. The molecule has 29 heavy (non-hydrogen) atoms. The second-order valence-electron chi connectivity index (χ2n) is 7.88. The highest BCUT2D eigenvalue weighted by molar-refractivity contribution is 5.84. The predicted molar refractivity (Wildman–Crippen MR) is 121 cm³/mol. The van der Waals surface area contributed by atoms with Crippen LogP contribution in [0, 0.1) is 0 Å². The first-order valence-electron chi connectivity index (χ1n) is 12.0. The van der Waals surface area contributed by atoms with Crippen molar-refractivity contribution in [2.45, 2.75) is 117 Å². The van der Waals surface area contributed by atoms with E-state index in [1.54, 1.807) is 0 Å². The zero-order chi connectivity index (χ0) is 21.9. The molecule has 6 heteroatoms. The van der Waals surface area contributed by atoms with E-state index in [9.17, 15) is 9.59 Å². The lowest BCUT2D eigenvalue weighted by Gasteiger charge is -2.29. The number of nitrogens with two attached hydrogens (primary N) is 1. The summed E-state index contributed by atoms with van der Waals surface area (Å²) in [5.41, 5.74) is 5.34. The molecule has 0 aliphatic carbocycles. The standard InChI is InChI=1S/C23H47N3O3/c1-5-9-10-11-12-13-14-15-16-17-18-25-20(19-21(24)27)23(28)29-22(6-2)26(7-3)8-4/h20,22,25H,5-19H2,1-4H3,(H2,24,27). The maximum absolute atomic E-state index is 12.6. The highest BCUT2D eigenvalue weighted by atomic mass is 16.6. The maximum atomic E-state index is 12.6. The van der Waals surface area contributed by atoms with E-state index in [2.05, 4.69) is 17.1 Å². The Kier molecular flexibility index (Phi) is 18.1. The van der Waals surface area contributed by atoms with Gasteiger partial charge in [0.2, 0.25) is 5.91 Å². The van der Waals surface area contributed by atoms with Gasteiger partial charge in [-0.15, -0.1) is 0 Å². The van der Waals surface area contributed by atoms with Crippen LogP contribution in [0.5, 0.6) is 0 Å². The van der Waals surface area contributed by atoms with Gasteiger partial charge in [-0.3, -0.25) is 14.5 Å². The first-order chi connectivity index (χ1) is 14.0. The molecule has 0 bridgehead atoms. The smallest absolute Gasteiger partial charge is 0.325 e. The number of nitrogens with one attached hydrogen (secondary N) is 1. The van der Waals surface area contributed by atoms with Gasteiger partial charge in [-0.2, -0.15) is 0 Å². The highest BCUT2D eigenvalue weighted by Crippen LogP contribution is 2.11. The third kappa shape index (κ3) is 14.5. The molecule has 0 saturated carbocycles. The lowest BCUT2D eigenvalue weighted by atomic mass is 10.1. The number of nitrogens with zero attached hydrogens (tertiary/aromatic N) is 1. The van der Waals surface area contributed by atoms with E-state index in [1.165, 1.54) is 51.4 Å². The van der Waals surface area contributed by atoms with Gasteiger partial charge in [-0.25, -0.2) is 0 Å². The first-order valence-corrected chi connectivity index (χ1v) is 12.0. The molecule has 0 aliphatic heterocycles. The molecule has 0 heterocycles. The Labute approximate surface area is 179 Å². The van der Waals surface area contributed by atoms with Crippen molar-refractivity contribution >= 4 is 11.9 Å². The zero-order valence-corrected chi connectivity index (χ0v) is 19.5. The van der Waals surface area contributed by atoms with Gasteiger partial charge in [0.05, 0.1) is 6.42 Å². The molecule has 0 fully saturated rings. The number of amides is 1. The fourth-order valence-corrected chi connectivity index (χ4v) is 3.59. The van der Waals surface area contributed by atoms with Crippen LogP contribution in [0.25, 0.3) is 0 Å². The summed E-state index contributed by atoms with van der Waals surface area (Å²) in [4.78, 5) is 26.1. The number of carbonyl (C=O) groups excluding carboxylic acids is 2. The molecule has 3 N–H and O–H groups in total. The Hall–Kier alpha value is -1.14. The minimum absolute atomic E-state index is 0.0225. The third-order valence-corrected chi connectivity index (χ3v) is 5.43. The van der Waals surface area contributed by atoms with Crippen LogP contribution < -0.4 is 11.1 Å². The highest BCUT2D eigenvalue weighted by Gasteiger charge is 2.26. The Morgan fingerprint density at radius 2 is 1.38 bits per heavy atom. The molecule has 0 aromatic rings. The first kappa shape index (κ1) is 27.9. The minimum Gasteiger partial charge on any atom is -0.445 e. The van der Waals surface area contributed by atoms with Crippen molar-refractivity contribution in [3.63, 3.8) is 0 Å². The van der Waals surface area contributed by atoms with Gasteiger partial charge < -0.3 is 15.8 Å². The summed E-state index contributed by atoms with van der Waals surface area (Å²) in [6.07, 6.45) is 13.1. The Bertz CT molecular complexity index is 414.